The highest BCUT2D eigenvalue weighted by atomic mass is 15.3. The highest BCUT2D eigenvalue weighted by Crippen LogP contribution is 2.27. The van der Waals surface area contributed by atoms with E-state index in [1.807, 2.05) is 0 Å². The van der Waals surface area contributed by atoms with Gasteiger partial charge in [-0.1, -0.05) is 37.3 Å². The number of rotatable bonds is 3. The van der Waals surface area contributed by atoms with Gasteiger partial charge in [-0.2, -0.15) is 0 Å². The second-order valence-corrected chi connectivity index (χ2v) is 5.78. The summed E-state index contributed by atoms with van der Waals surface area (Å²) in [4.78, 5) is 5.43. The first kappa shape index (κ1) is 12.2. The van der Waals surface area contributed by atoms with E-state index in [2.05, 4.69) is 47.1 Å². The van der Waals surface area contributed by atoms with Crippen molar-refractivity contribution in [3.8, 4) is 0 Å². The highest BCUT2D eigenvalue weighted by molar-refractivity contribution is 5.14. The van der Waals surface area contributed by atoms with Gasteiger partial charge in [0.1, 0.15) is 0 Å². The normalized spacial score (nSPS) is 29.4. The fraction of sp³-hybridized carbons (Fsp3) is 0.625. The maximum atomic E-state index is 2.77. The summed E-state index contributed by atoms with van der Waals surface area (Å²) in [6.07, 6.45) is 4.10. The van der Waals surface area contributed by atoms with Gasteiger partial charge in [-0.25, -0.2) is 0 Å². The minimum atomic E-state index is 0.787. The van der Waals surface area contributed by atoms with Crippen molar-refractivity contribution < 1.29 is 0 Å². The summed E-state index contributed by atoms with van der Waals surface area (Å²) in [5.41, 5.74) is 1.46. The number of nitrogens with zero attached hydrogens (tertiary/aromatic N) is 2. The molecule has 2 unspecified atom stereocenters. The molecular formula is C16H24N2. The summed E-state index contributed by atoms with van der Waals surface area (Å²) in [5, 5.41) is 0. The van der Waals surface area contributed by atoms with Crippen molar-refractivity contribution in [2.24, 2.45) is 0 Å². The minimum absolute atomic E-state index is 0.787. The molecule has 0 aliphatic carbocycles. The largest absolute Gasteiger partial charge is 0.296 e. The molecule has 1 aromatic rings. The van der Waals surface area contributed by atoms with Crippen LogP contribution in [0.1, 0.15) is 31.7 Å². The van der Waals surface area contributed by atoms with Gasteiger partial charge in [0.05, 0.1) is 0 Å². The Hall–Kier alpha value is -0.860. The molecule has 0 N–H and O–H groups in total. The topological polar surface area (TPSA) is 6.48 Å². The van der Waals surface area contributed by atoms with Crippen molar-refractivity contribution in [1.82, 2.24) is 9.80 Å². The predicted octanol–water partition coefficient (Wildman–Crippen LogP) is 2.75. The Morgan fingerprint density at radius 3 is 2.78 bits per heavy atom. The SMILES string of the molecule is CCC1CN(Cc2ccccc2)CC2CCCN12. The molecular weight excluding hydrogens is 220 g/mol. The lowest BCUT2D eigenvalue weighted by Gasteiger charge is -2.43. The summed E-state index contributed by atoms with van der Waals surface area (Å²) in [6.45, 7) is 7.32. The Labute approximate surface area is 111 Å². The summed E-state index contributed by atoms with van der Waals surface area (Å²) in [6, 6.07) is 12.5. The lowest BCUT2D eigenvalue weighted by molar-refractivity contribution is 0.0443. The predicted molar refractivity (Wildman–Crippen MR) is 75.5 cm³/mol. The minimum Gasteiger partial charge on any atom is -0.296 e. The van der Waals surface area contributed by atoms with Crippen LogP contribution >= 0.6 is 0 Å². The molecule has 2 aliphatic heterocycles. The third-order valence-corrected chi connectivity index (χ3v) is 4.55. The van der Waals surface area contributed by atoms with Crippen LogP contribution in [-0.2, 0) is 6.54 Å². The molecule has 18 heavy (non-hydrogen) atoms. The molecule has 3 rings (SSSR count). The molecule has 2 fully saturated rings. The van der Waals surface area contributed by atoms with E-state index >= 15 is 0 Å². The van der Waals surface area contributed by atoms with E-state index < -0.39 is 0 Å². The Bertz CT molecular complexity index is 376. The molecule has 1 aromatic carbocycles. The number of hydrogen-bond acceptors (Lipinski definition) is 2. The average molecular weight is 244 g/mol. The summed E-state index contributed by atoms with van der Waals surface area (Å²) in [7, 11) is 0. The van der Waals surface area contributed by atoms with Crippen molar-refractivity contribution in [3.63, 3.8) is 0 Å². The van der Waals surface area contributed by atoms with E-state index in [4.69, 9.17) is 0 Å². The van der Waals surface area contributed by atoms with Gasteiger partial charge in [-0.05, 0) is 31.4 Å². The van der Waals surface area contributed by atoms with Crippen LogP contribution in [0.4, 0.5) is 0 Å². The maximum Gasteiger partial charge on any atom is 0.0235 e. The van der Waals surface area contributed by atoms with Gasteiger partial charge in [-0.3, -0.25) is 9.80 Å². The Kier molecular flexibility index (Phi) is 3.67. The van der Waals surface area contributed by atoms with E-state index in [-0.39, 0.29) is 0 Å². The number of piperazine rings is 1. The molecule has 0 radical (unpaired) electrons. The Balaban J connectivity index is 1.67. The van der Waals surface area contributed by atoms with Crippen LogP contribution in [0.2, 0.25) is 0 Å². The van der Waals surface area contributed by atoms with Crippen LogP contribution in [0.25, 0.3) is 0 Å². The second-order valence-electron chi connectivity index (χ2n) is 5.78. The van der Waals surface area contributed by atoms with Gasteiger partial charge in [0.25, 0.3) is 0 Å². The monoisotopic (exact) mass is 244 g/mol. The van der Waals surface area contributed by atoms with Gasteiger partial charge < -0.3 is 0 Å². The molecule has 0 amide bonds. The summed E-state index contributed by atoms with van der Waals surface area (Å²) < 4.78 is 0. The lowest BCUT2D eigenvalue weighted by Crippen LogP contribution is -2.55. The summed E-state index contributed by atoms with van der Waals surface area (Å²) >= 11 is 0. The molecule has 0 aromatic heterocycles. The highest BCUT2D eigenvalue weighted by Gasteiger charge is 2.36. The summed E-state index contributed by atoms with van der Waals surface area (Å²) in [5.74, 6) is 0. The van der Waals surface area contributed by atoms with Gasteiger partial charge in [-0.15, -0.1) is 0 Å². The van der Waals surface area contributed by atoms with Crippen molar-refractivity contribution in [2.75, 3.05) is 19.6 Å². The van der Waals surface area contributed by atoms with E-state index in [1.54, 1.807) is 0 Å². The van der Waals surface area contributed by atoms with Gasteiger partial charge in [0, 0.05) is 31.7 Å². The fourth-order valence-corrected chi connectivity index (χ4v) is 3.64. The molecule has 2 nitrogen and oxygen atoms in total. The van der Waals surface area contributed by atoms with Crippen LogP contribution in [0.5, 0.6) is 0 Å². The molecule has 0 spiro atoms. The zero-order chi connectivity index (χ0) is 12.4. The van der Waals surface area contributed by atoms with Crippen LogP contribution in [0, 0.1) is 0 Å². The average Bonchev–Trinajstić information content (AvgIpc) is 2.87. The molecule has 2 heterocycles. The smallest absolute Gasteiger partial charge is 0.0235 e. The molecule has 2 heteroatoms. The third-order valence-electron chi connectivity index (χ3n) is 4.55. The van der Waals surface area contributed by atoms with Crippen molar-refractivity contribution in [1.29, 1.82) is 0 Å². The molecule has 2 aliphatic rings. The van der Waals surface area contributed by atoms with Gasteiger partial charge >= 0.3 is 0 Å². The lowest BCUT2D eigenvalue weighted by atomic mass is 10.0. The van der Waals surface area contributed by atoms with Crippen molar-refractivity contribution in [3.05, 3.63) is 35.9 Å². The van der Waals surface area contributed by atoms with Crippen molar-refractivity contribution >= 4 is 0 Å². The van der Waals surface area contributed by atoms with Crippen molar-refractivity contribution in [2.45, 2.75) is 44.8 Å². The third kappa shape index (κ3) is 2.45. The van der Waals surface area contributed by atoms with Crippen LogP contribution in [-0.4, -0.2) is 41.5 Å². The number of benzene rings is 1. The fourth-order valence-electron chi connectivity index (χ4n) is 3.64. The molecule has 0 bridgehead atoms. The Morgan fingerprint density at radius 2 is 2.00 bits per heavy atom. The van der Waals surface area contributed by atoms with E-state index in [0.717, 1.165) is 18.6 Å². The number of fused-ring (bicyclic) bond motifs is 1. The molecule has 2 atom stereocenters. The first-order valence-electron chi connectivity index (χ1n) is 7.39. The Morgan fingerprint density at radius 1 is 1.17 bits per heavy atom. The zero-order valence-electron chi connectivity index (χ0n) is 11.4. The van der Waals surface area contributed by atoms with Crippen LogP contribution in [0.3, 0.4) is 0 Å². The zero-order valence-corrected chi connectivity index (χ0v) is 11.4. The van der Waals surface area contributed by atoms with Crippen LogP contribution in [0.15, 0.2) is 30.3 Å². The van der Waals surface area contributed by atoms with E-state index in [0.29, 0.717) is 0 Å². The molecule has 2 saturated heterocycles. The van der Waals surface area contributed by atoms with Crippen LogP contribution < -0.4 is 0 Å². The second kappa shape index (κ2) is 5.41. The van der Waals surface area contributed by atoms with E-state index in [1.165, 1.54) is 44.5 Å². The quantitative estimate of drug-likeness (QED) is 0.806. The molecule has 0 saturated carbocycles. The van der Waals surface area contributed by atoms with E-state index in [9.17, 15) is 0 Å². The maximum absolute atomic E-state index is 2.77. The first-order chi connectivity index (χ1) is 8.86. The first-order valence-corrected chi connectivity index (χ1v) is 7.39. The standard InChI is InChI=1S/C16H24N2/c1-2-15-12-17(11-14-7-4-3-5-8-14)13-16-9-6-10-18(15)16/h3-5,7-8,15-16H,2,6,9-13H2,1H3. The number of hydrogen-bond donors (Lipinski definition) is 0. The van der Waals surface area contributed by atoms with Gasteiger partial charge in [0.2, 0.25) is 0 Å². The molecule has 98 valence electrons. The van der Waals surface area contributed by atoms with Gasteiger partial charge in [0.15, 0.2) is 0 Å².